The second-order valence-corrected chi connectivity index (χ2v) is 7.85. The molecule has 0 amide bonds. The van der Waals surface area contributed by atoms with Gasteiger partial charge in [0.1, 0.15) is 11.9 Å². The number of hydrogen-bond donors (Lipinski definition) is 1. The Kier molecular flexibility index (Phi) is 4.18. The highest BCUT2D eigenvalue weighted by Crippen LogP contribution is 2.43. The maximum atomic E-state index is 10.4. The lowest BCUT2D eigenvalue weighted by Gasteiger charge is -2.27. The summed E-state index contributed by atoms with van der Waals surface area (Å²) < 4.78 is 7.64. The molecule has 1 N–H and O–H groups in total. The molecule has 0 saturated heterocycles. The fourth-order valence-corrected chi connectivity index (χ4v) is 4.58. The van der Waals surface area contributed by atoms with Gasteiger partial charge in [-0.3, -0.25) is 0 Å². The summed E-state index contributed by atoms with van der Waals surface area (Å²) in [5, 5.41) is 30.3. The van der Waals surface area contributed by atoms with Crippen LogP contribution in [0.3, 0.4) is 0 Å². The predicted octanol–water partition coefficient (Wildman–Crippen LogP) is 3.09. The molecule has 3 aromatic rings. The molecular weight excluding hydrogens is 356 g/mol. The van der Waals surface area contributed by atoms with Gasteiger partial charge in [0.05, 0.1) is 11.4 Å². The van der Waals surface area contributed by atoms with Crippen molar-refractivity contribution < 1.29 is 9.84 Å². The van der Waals surface area contributed by atoms with Gasteiger partial charge in [0, 0.05) is 17.7 Å². The number of phenolic OH excluding ortho intramolecular Hbond substituents is 1. The maximum Gasteiger partial charge on any atom is 0.233 e. The largest absolute Gasteiger partial charge is 0.507 e. The first-order valence-corrected chi connectivity index (χ1v) is 9.75. The number of ether oxygens (including phenoxy) is 1. The Bertz CT molecular complexity index is 975. The molecule has 8 heteroatoms. The third-order valence-corrected chi connectivity index (χ3v) is 5.90. The van der Waals surface area contributed by atoms with Crippen molar-refractivity contribution in [2.75, 3.05) is 0 Å². The number of aryl methyl sites for hydroxylation is 1. The molecule has 1 aromatic carbocycles. The van der Waals surface area contributed by atoms with Crippen molar-refractivity contribution in [2.24, 2.45) is 11.8 Å². The average molecular weight is 378 g/mol. The van der Waals surface area contributed by atoms with Crippen LogP contribution < -0.4 is 4.74 Å². The molecule has 1 unspecified atom stereocenters. The van der Waals surface area contributed by atoms with E-state index in [0.29, 0.717) is 28.6 Å². The minimum absolute atomic E-state index is 0.0965. The van der Waals surface area contributed by atoms with E-state index in [1.807, 2.05) is 18.2 Å². The molecule has 2 bridgehead atoms. The van der Waals surface area contributed by atoms with Crippen LogP contribution in [0.15, 0.2) is 30.3 Å². The van der Waals surface area contributed by atoms with Gasteiger partial charge in [0.2, 0.25) is 5.88 Å². The third kappa shape index (κ3) is 3.19. The zero-order valence-electron chi connectivity index (χ0n) is 15.7. The summed E-state index contributed by atoms with van der Waals surface area (Å²) in [7, 11) is 0. The van der Waals surface area contributed by atoms with Gasteiger partial charge in [-0.25, -0.2) is 0 Å². The number of tetrazole rings is 1. The molecule has 2 saturated carbocycles. The van der Waals surface area contributed by atoms with Gasteiger partial charge in [-0.1, -0.05) is 12.8 Å². The normalized spacial score (nSPS) is 23.7. The van der Waals surface area contributed by atoms with Crippen LogP contribution in [0, 0.1) is 18.8 Å². The molecule has 0 aliphatic heterocycles. The molecule has 8 nitrogen and oxygen atoms in total. The minimum atomic E-state index is 0.0965. The van der Waals surface area contributed by atoms with Crippen molar-refractivity contribution in [3.8, 4) is 28.6 Å². The molecule has 28 heavy (non-hydrogen) atoms. The van der Waals surface area contributed by atoms with Crippen molar-refractivity contribution >= 4 is 0 Å². The highest BCUT2D eigenvalue weighted by molar-refractivity contribution is 5.68. The van der Waals surface area contributed by atoms with Gasteiger partial charge < -0.3 is 9.84 Å². The Morgan fingerprint density at radius 1 is 1.00 bits per heavy atom. The zero-order chi connectivity index (χ0) is 19.1. The summed E-state index contributed by atoms with van der Waals surface area (Å²) in [4.78, 5) is 0. The van der Waals surface area contributed by atoms with Gasteiger partial charge in [0.25, 0.3) is 0 Å². The number of benzene rings is 1. The summed E-state index contributed by atoms with van der Waals surface area (Å²) in [6, 6.07) is 8.90. The van der Waals surface area contributed by atoms with E-state index in [2.05, 4.69) is 25.7 Å². The molecule has 3 atom stereocenters. The quantitative estimate of drug-likeness (QED) is 0.745. The Labute approximate surface area is 162 Å². The molecule has 2 heterocycles. The third-order valence-electron chi connectivity index (χ3n) is 5.90. The minimum Gasteiger partial charge on any atom is -0.507 e. The fourth-order valence-electron chi connectivity index (χ4n) is 4.58. The number of fused-ring (bicyclic) bond motifs is 2. The van der Waals surface area contributed by atoms with Gasteiger partial charge in [-0.2, -0.15) is 4.68 Å². The van der Waals surface area contributed by atoms with Crippen LogP contribution in [-0.4, -0.2) is 41.6 Å². The van der Waals surface area contributed by atoms with Crippen molar-refractivity contribution in [1.29, 1.82) is 0 Å². The molecule has 0 spiro atoms. The van der Waals surface area contributed by atoms with E-state index < -0.39 is 0 Å². The summed E-state index contributed by atoms with van der Waals surface area (Å²) in [6.45, 7) is 1.80. The molecule has 2 aliphatic rings. The van der Waals surface area contributed by atoms with Crippen LogP contribution in [0.1, 0.15) is 37.9 Å². The van der Waals surface area contributed by atoms with Gasteiger partial charge in [0.15, 0.2) is 5.82 Å². The molecular formula is C20H22N6O2. The number of aromatic nitrogens is 6. The summed E-state index contributed by atoms with van der Waals surface area (Å²) in [6.07, 6.45) is 6.54. The first-order chi connectivity index (χ1) is 13.7. The molecule has 2 fully saturated rings. The molecule has 2 aliphatic carbocycles. The molecule has 144 valence electrons. The second-order valence-electron chi connectivity index (χ2n) is 7.85. The first-order valence-electron chi connectivity index (χ1n) is 9.75. The molecule has 2 aromatic heterocycles. The van der Waals surface area contributed by atoms with E-state index in [-0.39, 0.29) is 11.9 Å². The molecule has 0 radical (unpaired) electrons. The number of aromatic hydroxyl groups is 1. The molecule has 5 rings (SSSR count). The van der Waals surface area contributed by atoms with Crippen LogP contribution in [0.5, 0.6) is 11.6 Å². The van der Waals surface area contributed by atoms with Crippen molar-refractivity contribution in [3.05, 3.63) is 36.2 Å². The van der Waals surface area contributed by atoms with E-state index in [9.17, 15) is 5.11 Å². The van der Waals surface area contributed by atoms with Crippen LogP contribution in [0.2, 0.25) is 0 Å². The first kappa shape index (κ1) is 17.1. The summed E-state index contributed by atoms with van der Waals surface area (Å²) in [5.74, 6) is 2.92. The van der Waals surface area contributed by atoms with Crippen LogP contribution in [0.4, 0.5) is 0 Å². The fraction of sp³-hybridized carbons (Fsp3) is 0.450. The van der Waals surface area contributed by atoms with Gasteiger partial charge in [-0.15, -0.1) is 15.3 Å². The maximum absolute atomic E-state index is 10.4. The number of rotatable bonds is 4. The number of phenols is 1. The Morgan fingerprint density at radius 2 is 1.82 bits per heavy atom. The highest BCUT2D eigenvalue weighted by Gasteiger charge is 2.35. The van der Waals surface area contributed by atoms with Crippen LogP contribution in [-0.2, 0) is 0 Å². The lowest BCUT2D eigenvalue weighted by atomic mass is 9.87. The zero-order valence-corrected chi connectivity index (χ0v) is 15.7. The van der Waals surface area contributed by atoms with Crippen LogP contribution in [0.25, 0.3) is 16.9 Å². The lowest BCUT2D eigenvalue weighted by Crippen LogP contribution is -2.26. The summed E-state index contributed by atoms with van der Waals surface area (Å²) >= 11 is 0. The van der Waals surface area contributed by atoms with Crippen LogP contribution >= 0.6 is 0 Å². The second kappa shape index (κ2) is 6.85. The van der Waals surface area contributed by atoms with E-state index in [1.165, 1.54) is 19.3 Å². The van der Waals surface area contributed by atoms with E-state index in [4.69, 9.17) is 4.74 Å². The smallest absolute Gasteiger partial charge is 0.233 e. The average Bonchev–Trinajstić information content (AvgIpc) is 3.27. The Balaban J connectivity index is 1.32. The van der Waals surface area contributed by atoms with Crippen molar-refractivity contribution in [1.82, 2.24) is 30.4 Å². The Hall–Kier alpha value is -3.03. The highest BCUT2D eigenvalue weighted by atomic mass is 16.5. The summed E-state index contributed by atoms with van der Waals surface area (Å²) in [5.41, 5.74) is 1.88. The topological polar surface area (TPSA) is 98.8 Å². The number of hydrogen-bond acceptors (Lipinski definition) is 7. The Morgan fingerprint density at radius 3 is 2.46 bits per heavy atom. The van der Waals surface area contributed by atoms with Gasteiger partial charge >= 0.3 is 0 Å². The van der Waals surface area contributed by atoms with Crippen molar-refractivity contribution in [2.45, 2.75) is 45.1 Å². The van der Waals surface area contributed by atoms with Gasteiger partial charge in [-0.05, 0) is 66.6 Å². The van der Waals surface area contributed by atoms with E-state index in [1.54, 1.807) is 23.7 Å². The lowest BCUT2D eigenvalue weighted by molar-refractivity contribution is 0.113. The number of nitrogens with zero attached hydrogens (tertiary/aromatic N) is 6. The monoisotopic (exact) mass is 378 g/mol. The SMILES string of the molecule is Cc1nnnn1-c1ccc(-c2ccc(O[C@H]3CC4CC[C@@H](C4)C3)nn2)c(O)c1. The van der Waals surface area contributed by atoms with E-state index in [0.717, 1.165) is 24.7 Å². The predicted molar refractivity (Wildman–Crippen MR) is 101 cm³/mol. The van der Waals surface area contributed by atoms with Crippen molar-refractivity contribution in [3.63, 3.8) is 0 Å². The van der Waals surface area contributed by atoms with E-state index >= 15 is 0 Å². The standard InChI is InChI=1S/C20H22N6O2/c1-12-21-24-25-26(12)15-4-5-17(19(27)11-15)18-6-7-20(23-22-18)28-16-9-13-2-3-14(8-13)10-16/h4-7,11,13-14,16,27H,2-3,8-10H2,1H3/t13-,14?,16+/m0/s1.